The molecule has 0 amide bonds. The molecule has 0 aliphatic carbocycles. The van der Waals surface area contributed by atoms with Gasteiger partial charge in [-0.15, -0.1) is 0 Å². The molecule has 0 saturated carbocycles. The number of aryl methyl sites for hydroxylation is 12. The number of fused-ring (bicyclic) bond motifs is 1. The first kappa shape index (κ1) is 160. The van der Waals surface area contributed by atoms with Crippen molar-refractivity contribution in [3.05, 3.63) is 298 Å². The van der Waals surface area contributed by atoms with Gasteiger partial charge in [-0.25, -0.2) is 8.42 Å². The van der Waals surface area contributed by atoms with Gasteiger partial charge in [-0.1, -0.05) is 344 Å². The molecule has 9 aromatic carbocycles. The van der Waals surface area contributed by atoms with E-state index in [2.05, 4.69) is 319 Å². The molecule has 0 atom stereocenters. The third-order valence-corrected chi connectivity index (χ3v) is 16.7. The summed E-state index contributed by atoms with van der Waals surface area (Å²) in [5, 5.41) is 2.67. The topological polar surface area (TPSA) is 118 Å². The second kappa shape index (κ2) is 94.5. The molecule has 0 unspecified atom stereocenters. The second-order valence-electron chi connectivity index (χ2n) is 29.1. The van der Waals surface area contributed by atoms with E-state index in [4.69, 9.17) is 8.85 Å². The van der Waals surface area contributed by atoms with E-state index in [0.29, 0.717) is 0 Å². The summed E-state index contributed by atoms with van der Waals surface area (Å²) in [6.07, 6.45) is 7.43. The summed E-state index contributed by atoms with van der Waals surface area (Å²) >= 11 is 1.75. The number of methoxy groups -OCH3 is 1. The average Bonchev–Trinajstić information content (AvgIpc) is 0.849. The number of sulfone groups is 1. The smallest absolute Gasteiger partial charge is 0.331 e. The van der Waals surface area contributed by atoms with Crippen molar-refractivity contribution < 1.29 is 106 Å². The predicted molar refractivity (Wildman–Crippen MR) is 561 cm³/mol. The van der Waals surface area contributed by atoms with Gasteiger partial charge in [-0.3, -0.25) is 4.57 Å². The Morgan fingerprint density at radius 3 is 0.783 bits per heavy atom. The van der Waals surface area contributed by atoms with Crippen molar-refractivity contribution in [3.63, 3.8) is 0 Å². The number of ether oxygens (including phenoxy) is 1. The van der Waals surface area contributed by atoms with E-state index in [1.807, 2.05) is 83.7 Å². The van der Waals surface area contributed by atoms with E-state index < -0.39 is 41.2 Å². The Morgan fingerprint density at radius 2 is 0.600 bits per heavy atom. The van der Waals surface area contributed by atoms with Crippen molar-refractivity contribution in [2.24, 2.45) is 0 Å². The van der Waals surface area contributed by atoms with Gasteiger partial charge in [0.2, 0.25) is 0 Å². The van der Waals surface area contributed by atoms with Crippen molar-refractivity contribution >= 4 is 63.7 Å². The molecule has 694 valence electrons. The molecule has 0 spiro atoms. The van der Waals surface area contributed by atoms with E-state index in [1.165, 1.54) is 126 Å². The molecule has 0 aliphatic rings. The first-order valence-electron chi connectivity index (χ1n) is 36.8. The summed E-state index contributed by atoms with van der Waals surface area (Å²) in [6.45, 7) is 56.6. The Bertz CT molecular complexity index is 3690. The minimum absolute atomic E-state index is 0. The molecule has 0 saturated heterocycles. The molecule has 0 aliphatic heterocycles. The van der Waals surface area contributed by atoms with Gasteiger partial charge in [0.15, 0.2) is 0 Å². The Hall–Kier alpha value is -3.60. The van der Waals surface area contributed by atoms with Gasteiger partial charge < -0.3 is 46.5 Å². The van der Waals surface area contributed by atoms with E-state index in [0.717, 1.165) is 18.9 Å². The van der Waals surface area contributed by atoms with Gasteiger partial charge >= 0.3 is 16.2 Å². The van der Waals surface area contributed by atoms with Crippen LogP contribution in [0.3, 0.4) is 0 Å². The molecular formula is C102H189NO9P2S2Si2Y2-2. The maximum Gasteiger partial charge on any atom is 0.331 e. The zero-order valence-electron chi connectivity index (χ0n) is 78.0. The fraction of sp³-hybridized carbons (Fsp3) is 0.471. The molecular weight excluding hydrogens is 1740 g/mol. The summed E-state index contributed by atoms with van der Waals surface area (Å²) in [5.41, 5.74) is 22.9. The Morgan fingerprint density at radius 1 is 0.383 bits per heavy atom. The van der Waals surface area contributed by atoms with Crippen LogP contribution >= 0.6 is 26.5 Å². The van der Waals surface area contributed by atoms with E-state index >= 15 is 0 Å². The maximum atomic E-state index is 10.5. The molecule has 0 fully saturated rings. The molecule has 0 heterocycles. The van der Waals surface area contributed by atoms with E-state index in [9.17, 15) is 17.5 Å². The van der Waals surface area contributed by atoms with Crippen molar-refractivity contribution in [1.29, 1.82) is 0 Å². The van der Waals surface area contributed by atoms with Crippen LogP contribution in [0.2, 0.25) is 39.3 Å². The van der Waals surface area contributed by atoms with Gasteiger partial charge in [-0.2, -0.15) is 18.7 Å². The number of thioether (sulfide) groups is 1. The first-order chi connectivity index (χ1) is 50.4. The van der Waals surface area contributed by atoms with Crippen LogP contribution in [0.25, 0.3) is 21.9 Å². The Labute approximate surface area is 807 Å². The number of rotatable bonds is 7. The summed E-state index contributed by atoms with van der Waals surface area (Å²) in [4.78, 5) is 2.00. The monoisotopic (exact) mass is 1930 g/mol. The first-order valence-corrected chi connectivity index (χ1v) is 52.5. The summed E-state index contributed by atoms with van der Waals surface area (Å²) in [7, 11) is 6.08. The Kier molecular flexibility index (Phi) is 126. The van der Waals surface area contributed by atoms with Crippen molar-refractivity contribution in [2.75, 3.05) is 115 Å². The number of hydrogen-bond donors (Lipinski definition) is 0. The zero-order valence-corrected chi connectivity index (χ0v) is 89.1. The van der Waals surface area contributed by atoms with Gasteiger partial charge in [0.05, 0.1) is 7.14 Å². The van der Waals surface area contributed by atoms with Crippen LogP contribution in [0.5, 0.6) is 0 Å². The molecule has 0 aromatic heterocycles. The van der Waals surface area contributed by atoms with E-state index in [-0.39, 0.29) is 132 Å². The van der Waals surface area contributed by atoms with Crippen molar-refractivity contribution in [2.45, 2.75) is 216 Å². The van der Waals surface area contributed by atoms with Crippen LogP contribution in [-0.4, -0.2) is 145 Å². The molecule has 2 radical (unpaired) electrons. The summed E-state index contributed by atoms with van der Waals surface area (Å²) in [5.74, 6) is 0. The van der Waals surface area contributed by atoms with Crippen LogP contribution < -0.4 is 0 Å². The third kappa shape index (κ3) is 114. The maximum absolute atomic E-state index is 10.5. The normalized spacial score (nSPS) is 9.04. The third-order valence-electron chi connectivity index (χ3n) is 13.4. The minimum Gasteiger partial charge on any atom is -0.398 e. The number of hydrogen-bond acceptors (Lipinski definition) is 11. The number of nitrogens with zero attached hydrogens (tertiary/aromatic N) is 1. The van der Waals surface area contributed by atoms with Crippen molar-refractivity contribution in [3.8, 4) is 11.1 Å². The quantitative estimate of drug-likeness (QED) is 0.0862. The fourth-order valence-corrected chi connectivity index (χ4v) is 7.42. The predicted octanol–water partition coefficient (Wildman–Crippen LogP) is 32.3. The van der Waals surface area contributed by atoms with Gasteiger partial charge in [0, 0.05) is 135 Å². The van der Waals surface area contributed by atoms with E-state index in [1.54, 1.807) is 67.1 Å². The van der Waals surface area contributed by atoms with Crippen molar-refractivity contribution in [1.82, 2.24) is 4.90 Å². The van der Waals surface area contributed by atoms with Crippen LogP contribution in [0.15, 0.2) is 200 Å². The summed E-state index contributed by atoms with van der Waals surface area (Å²) < 4.78 is 63.1. The second-order valence-corrected chi connectivity index (χ2v) is 47.9. The van der Waals surface area contributed by atoms with Gasteiger partial charge in [0.1, 0.15) is 9.84 Å². The minimum atomic E-state index is -2.67. The molecule has 10 nitrogen and oxygen atoms in total. The zero-order chi connectivity index (χ0) is 86.3. The van der Waals surface area contributed by atoms with Crippen LogP contribution in [-0.2, 0) is 113 Å². The standard InChI is InChI=1S/C15H16.C14H14.C12H12.2C9H12.C7H8.C4H12O2Si.C4H12Si.C3H9N.C3H9O3P.C3H9OP.C2H6O2S.C2H6O.C2H6S.C2H6.C2H5.8CH4.CH3.2Y/c1-12-3-7-14(8-4-12)11-15-9-5-13(2)6-10-15;1-11-3-7-13(8-4-11)14-9-5-12(2)6-10-14;1-9-3-5-12-8-10(2)4-6-11(12)7-9;1-7-4-5-8(2)9(3)6-7;1-7-5-4-6-8(2)9(7)3;1-7-5-3-2-4-6-7;1-5-7(3,4)6-2;1-5(2,3)4;1-4(2)3;1-5-7(3,4)6-2;2*1-5(2,3)4;2*1-3-2;2*1-2;;;;;;;;;;;/h3-10H,11H2,1-2H3;3-10H,1-2H3;3-8H,1-2H3;2*4-6H,1-3H3;2-6H,1H3;1-4H3;1-4H3;1-3H3;1-3H3;1-3H3;1-2H3;2*1-2H3;1-2H3;1H2,2H3;8*1H4;1H3;;/q;;;;;;;;;;;;;;;-1;;;;;;;;;-1;;. The van der Waals surface area contributed by atoms with Crippen LogP contribution in [0.1, 0.15) is 164 Å². The summed E-state index contributed by atoms with van der Waals surface area (Å²) in [6, 6.07) is 71.0. The van der Waals surface area contributed by atoms with Crippen LogP contribution in [0.4, 0.5) is 0 Å². The Balaban J connectivity index is -0.0000000590. The molecule has 9 aromatic rings. The van der Waals surface area contributed by atoms with Crippen LogP contribution in [0, 0.1) is 104 Å². The molecule has 9 rings (SSSR count). The average molecular weight is 1930 g/mol. The van der Waals surface area contributed by atoms with Gasteiger partial charge in [-0.05, 0) is 224 Å². The SMILES string of the molecule is C.C.C.C.C.C.C.C.CC.CN(C)C.COC.COP(C)(=O)OC.CO[Si](C)(C)OC.CP(C)(C)=O.CS(C)(=O)=O.CSC.C[Si](C)(C)C.Cc1ccc(-c2ccc(C)cc2)cc1.Cc1ccc(C)c(C)c1.Cc1ccc(Cc2ccc(C)cc2)cc1.Cc1ccc2cc(C)ccc2c1.Cc1cccc(C)c1C.Cc1ccccc1.[CH2-]C.[CH3-].[Y].[Y]. The fourth-order valence-electron chi connectivity index (χ4n) is 7.11. The van der Waals surface area contributed by atoms with Gasteiger partial charge in [0.25, 0.3) is 0 Å². The number of benzene rings is 9. The molecule has 18 heteroatoms. The molecule has 120 heavy (non-hydrogen) atoms. The largest absolute Gasteiger partial charge is 0.398 e. The molecule has 0 N–H and O–H groups in total. The molecule has 0 bridgehead atoms.